The molecule has 0 aliphatic carbocycles. The van der Waals surface area contributed by atoms with Gasteiger partial charge in [-0.3, -0.25) is 4.68 Å². The quantitative estimate of drug-likeness (QED) is 0.911. The van der Waals surface area contributed by atoms with Crippen molar-refractivity contribution in [3.8, 4) is 0 Å². The molecule has 1 N–H and O–H groups in total. The predicted molar refractivity (Wildman–Crippen MR) is 79.6 cm³/mol. The number of hydrogen-bond donors (Lipinski definition) is 1. The van der Waals surface area contributed by atoms with Crippen molar-refractivity contribution in [2.45, 2.75) is 53.2 Å². The van der Waals surface area contributed by atoms with Gasteiger partial charge in [0.05, 0.1) is 6.10 Å². The molecule has 2 rings (SSSR count). The van der Waals surface area contributed by atoms with Gasteiger partial charge in [-0.05, 0) is 43.9 Å². The Morgan fingerprint density at radius 1 is 1.20 bits per heavy atom. The molecular weight excluding hydrogens is 250 g/mol. The van der Waals surface area contributed by atoms with Crippen molar-refractivity contribution >= 4 is 0 Å². The zero-order valence-electron chi connectivity index (χ0n) is 12.7. The largest absolute Gasteiger partial charge is 0.388 e. The van der Waals surface area contributed by atoms with Crippen molar-refractivity contribution in [3.63, 3.8) is 0 Å². The van der Waals surface area contributed by atoms with Crippen LogP contribution in [0.3, 0.4) is 0 Å². The first-order valence-electron chi connectivity index (χ1n) is 7.15. The van der Waals surface area contributed by atoms with E-state index in [2.05, 4.69) is 49.9 Å². The standard InChI is InChI=1S/C16H23N3O/c1-5-6-19-15(17-10-18-19)9-14(20)16-12(3)7-11(2)8-13(16)4/h7-8,10,14,20H,5-6,9H2,1-4H3. The van der Waals surface area contributed by atoms with Crippen molar-refractivity contribution < 1.29 is 5.11 Å². The van der Waals surface area contributed by atoms with E-state index in [1.54, 1.807) is 6.33 Å². The highest BCUT2D eigenvalue weighted by Gasteiger charge is 2.17. The molecule has 0 saturated carbocycles. The van der Waals surface area contributed by atoms with Crippen LogP contribution in [0.15, 0.2) is 18.5 Å². The Balaban J connectivity index is 2.24. The van der Waals surface area contributed by atoms with E-state index in [0.717, 1.165) is 35.5 Å². The maximum Gasteiger partial charge on any atom is 0.138 e. The minimum Gasteiger partial charge on any atom is -0.388 e. The van der Waals surface area contributed by atoms with Gasteiger partial charge in [-0.25, -0.2) is 4.98 Å². The molecule has 2 aromatic rings. The van der Waals surface area contributed by atoms with E-state index in [-0.39, 0.29) is 0 Å². The van der Waals surface area contributed by atoms with Crippen LogP contribution in [0.25, 0.3) is 0 Å². The number of nitrogens with zero attached hydrogens (tertiary/aromatic N) is 3. The van der Waals surface area contributed by atoms with Gasteiger partial charge >= 0.3 is 0 Å². The molecule has 1 atom stereocenters. The maximum absolute atomic E-state index is 10.6. The molecule has 1 aromatic carbocycles. The predicted octanol–water partition coefficient (Wildman–Crippen LogP) is 2.89. The van der Waals surface area contributed by atoms with Crippen molar-refractivity contribution in [2.24, 2.45) is 0 Å². The van der Waals surface area contributed by atoms with Gasteiger partial charge in [0, 0.05) is 13.0 Å². The number of aryl methyl sites for hydroxylation is 4. The average Bonchev–Trinajstić information content (AvgIpc) is 2.75. The third-order valence-corrected chi connectivity index (χ3v) is 3.58. The van der Waals surface area contributed by atoms with Crippen LogP contribution in [0.2, 0.25) is 0 Å². The lowest BCUT2D eigenvalue weighted by molar-refractivity contribution is 0.172. The molecule has 0 radical (unpaired) electrons. The number of aliphatic hydroxyl groups is 1. The maximum atomic E-state index is 10.6. The molecule has 0 spiro atoms. The van der Waals surface area contributed by atoms with E-state index in [1.807, 2.05) is 4.68 Å². The first-order valence-corrected chi connectivity index (χ1v) is 7.15. The zero-order valence-corrected chi connectivity index (χ0v) is 12.7. The number of aromatic nitrogens is 3. The molecule has 0 saturated heterocycles. The molecular formula is C16H23N3O. The van der Waals surface area contributed by atoms with Gasteiger partial charge in [0.2, 0.25) is 0 Å². The third kappa shape index (κ3) is 3.07. The Morgan fingerprint density at radius 2 is 1.85 bits per heavy atom. The Hall–Kier alpha value is -1.68. The van der Waals surface area contributed by atoms with Crippen molar-refractivity contribution in [1.82, 2.24) is 14.8 Å². The Labute approximate surface area is 120 Å². The molecule has 0 aliphatic heterocycles. The molecule has 4 nitrogen and oxygen atoms in total. The molecule has 1 heterocycles. The SMILES string of the molecule is CCCn1ncnc1CC(O)c1c(C)cc(C)cc1C. The number of rotatable bonds is 5. The molecule has 108 valence electrons. The first kappa shape index (κ1) is 14.7. The second kappa shape index (κ2) is 6.18. The van der Waals surface area contributed by atoms with Gasteiger partial charge in [-0.2, -0.15) is 5.10 Å². The Kier molecular flexibility index (Phi) is 4.55. The highest BCUT2D eigenvalue weighted by Crippen LogP contribution is 2.25. The summed E-state index contributed by atoms with van der Waals surface area (Å²) in [6.07, 6.45) is 2.54. The minimum atomic E-state index is -0.532. The summed E-state index contributed by atoms with van der Waals surface area (Å²) < 4.78 is 1.88. The third-order valence-electron chi connectivity index (χ3n) is 3.58. The van der Waals surface area contributed by atoms with Gasteiger partial charge in [-0.1, -0.05) is 24.6 Å². The fraction of sp³-hybridized carbons (Fsp3) is 0.500. The average molecular weight is 273 g/mol. The number of benzene rings is 1. The lowest BCUT2D eigenvalue weighted by Gasteiger charge is -2.17. The van der Waals surface area contributed by atoms with Crippen molar-refractivity contribution in [3.05, 3.63) is 46.5 Å². The highest BCUT2D eigenvalue weighted by molar-refractivity contribution is 5.39. The molecule has 1 unspecified atom stereocenters. The number of aliphatic hydroxyl groups excluding tert-OH is 1. The van der Waals surface area contributed by atoms with Crippen LogP contribution in [0.1, 0.15) is 47.5 Å². The van der Waals surface area contributed by atoms with E-state index in [4.69, 9.17) is 0 Å². The summed E-state index contributed by atoms with van der Waals surface area (Å²) in [5, 5.41) is 14.8. The lowest BCUT2D eigenvalue weighted by Crippen LogP contribution is -2.12. The van der Waals surface area contributed by atoms with Crippen molar-refractivity contribution in [2.75, 3.05) is 0 Å². The number of hydrogen-bond acceptors (Lipinski definition) is 3. The lowest BCUT2D eigenvalue weighted by atomic mass is 9.94. The summed E-state index contributed by atoms with van der Waals surface area (Å²) >= 11 is 0. The van der Waals surface area contributed by atoms with E-state index in [0.29, 0.717) is 6.42 Å². The summed E-state index contributed by atoms with van der Waals surface area (Å²) in [5.41, 5.74) is 4.51. The summed E-state index contributed by atoms with van der Waals surface area (Å²) in [7, 11) is 0. The van der Waals surface area contributed by atoms with Gasteiger partial charge in [-0.15, -0.1) is 0 Å². The van der Waals surface area contributed by atoms with Crippen LogP contribution < -0.4 is 0 Å². The van der Waals surface area contributed by atoms with Crippen LogP contribution in [0.4, 0.5) is 0 Å². The molecule has 1 aromatic heterocycles. The summed E-state index contributed by atoms with van der Waals surface area (Å²) in [6.45, 7) is 9.13. The highest BCUT2D eigenvalue weighted by atomic mass is 16.3. The molecule has 4 heteroatoms. The van der Waals surface area contributed by atoms with Crippen molar-refractivity contribution in [1.29, 1.82) is 0 Å². The molecule has 0 aliphatic rings. The second-order valence-electron chi connectivity index (χ2n) is 5.43. The fourth-order valence-corrected chi connectivity index (χ4v) is 2.84. The van der Waals surface area contributed by atoms with Gasteiger partial charge < -0.3 is 5.11 Å². The zero-order chi connectivity index (χ0) is 14.7. The van der Waals surface area contributed by atoms with Crippen LogP contribution >= 0.6 is 0 Å². The van der Waals surface area contributed by atoms with E-state index in [1.165, 1.54) is 5.56 Å². The van der Waals surface area contributed by atoms with Crippen LogP contribution in [0, 0.1) is 20.8 Å². The van der Waals surface area contributed by atoms with Gasteiger partial charge in [0.15, 0.2) is 0 Å². The minimum absolute atomic E-state index is 0.505. The normalized spacial score (nSPS) is 12.7. The Morgan fingerprint density at radius 3 is 2.45 bits per heavy atom. The van der Waals surface area contributed by atoms with Gasteiger partial charge in [0.25, 0.3) is 0 Å². The van der Waals surface area contributed by atoms with Gasteiger partial charge in [0.1, 0.15) is 12.2 Å². The molecule has 0 fully saturated rings. The monoisotopic (exact) mass is 273 g/mol. The van der Waals surface area contributed by atoms with Crippen LogP contribution in [-0.2, 0) is 13.0 Å². The smallest absolute Gasteiger partial charge is 0.138 e. The summed E-state index contributed by atoms with van der Waals surface area (Å²) in [5.74, 6) is 0.846. The van der Waals surface area contributed by atoms with Crippen LogP contribution in [0.5, 0.6) is 0 Å². The summed E-state index contributed by atoms with van der Waals surface area (Å²) in [6, 6.07) is 4.23. The Bertz CT molecular complexity index is 566. The topological polar surface area (TPSA) is 50.9 Å². The van der Waals surface area contributed by atoms with E-state index in [9.17, 15) is 5.11 Å². The fourth-order valence-electron chi connectivity index (χ4n) is 2.84. The summed E-state index contributed by atoms with van der Waals surface area (Å²) in [4.78, 5) is 4.27. The first-order chi connectivity index (χ1) is 9.52. The molecule has 0 amide bonds. The van der Waals surface area contributed by atoms with Crippen LogP contribution in [-0.4, -0.2) is 19.9 Å². The molecule has 0 bridgehead atoms. The second-order valence-corrected chi connectivity index (χ2v) is 5.43. The molecule has 20 heavy (non-hydrogen) atoms. The van der Waals surface area contributed by atoms with E-state index >= 15 is 0 Å². The van der Waals surface area contributed by atoms with E-state index < -0.39 is 6.10 Å².